The van der Waals surface area contributed by atoms with Gasteiger partial charge >= 0.3 is 6.03 Å². The number of carbonyl (C=O) groups is 1. The zero-order valence-electron chi connectivity index (χ0n) is 11.6. The molecular weight excluding hydrogens is 355 g/mol. The van der Waals surface area contributed by atoms with E-state index in [1.807, 2.05) is 18.2 Å². The Hall–Kier alpha value is -1.40. The number of thiophene rings is 1. The average Bonchev–Trinajstić information content (AvgIpc) is 2.84. The van der Waals surface area contributed by atoms with Crippen LogP contribution in [-0.4, -0.2) is 24.5 Å². The van der Waals surface area contributed by atoms with Crippen LogP contribution in [0.4, 0.5) is 9.18 Å². The van der Waals surface area contributed by atoms with Crippen LogP contribution in [0.2, 0.25) is 0 Å². The summed E-state index contributed by atoms with van der Waals surface area (Å²) in [5.41, 5.74) is 0.875. The molecule has 112 valence electrons. The summed E-state index contributed by atoms with van der Waals surface area (Å²) in [6.07, 6.45) is 0.613. The van der Waals surface area contributed by atoms with Gasteiger partial charge in [-0.3, -0.25) is 0 Å². The normalized spacial score (nSPS) is 10.4. The van der Waals surface area contributed by atoms with Crippen molar-refractivity contribution in [2.24, 2.45) is 0 Å². The molecule has 0 radical (unpaired) electrons. The lowest BCUT2D eigenvalue weighted by Crippen LogP contribution is -2.37. The third-order valence-corrected chi connectivity index (χ3v) is 4.56. The number of hydrogen-bond acceptors (Lipinski definition) is 2. The zero-order chi connectivity index (χ0) is 15.2. The van der Waals surface area contributed by atoms with Crippen molar-refractivity contribution in [2.45, 2.75) is 13.0 Å². The highest BCUT2D eigenvalue weighted by atomic mass is 79.9. The number of benzene rings is 1. The Labute approximate surface area is 135 Å². The first-order chi connectivity index (χ1) is 10.0. The van der Waals surface area contributed by atoms with E-state index in [9.17, 15) is 9.18 Å². The molecule has 2 amide bonds. The van der Waals surface area contributed by atoms with Crippen LogP contribution < -0.4 is 5.32 Å². The number of nitrogens with zero attached hydrogens (tertiary/aromatic N) is 1. The van der Waals surface area contributed by atoms with E-state index in [-0.39, 0.29) is 11.8 Å². The van der Waals surface area contributed by atoms with Crippen LogP contribution in [0.5, 0.6) is 0 Å². The van der Waals surface area contributed by atoms with Gasteiger partial charge in [-0.15, -0.1) is 11.3 Å². The number of hydrogen-bond donors (Lipinski definition) is 1. The largest absolute Gasteiger partial charge is 0.338 e. The first kappa shape index (κ1) is 16.0. The SMILES string of the molecule is CN(Cc1ccc(Br)s1)C(=O)NCCc1cccc(F)c1. The third kappa shape index (κ3) is 5.13. The fourth-order valence-electron chi connectivity index (χ4n) is 1.88. The smallest absolute Gasteiger partial charge is 0.317 e. The molecule has 0 fully saturated rings. The van der Waals surface area contributed by atoms with Gasteiger partial charge in [0.1, 0.15) is 5.82 Å². The number of nitrogens with one attached hydrogen (secondary N) is 1. The topological polar surface area (TPSA) is 32.3 Å². The number of urea groups is 1. The molecule has 1 aromatic carbocycles. The van der Waals surface area contributed by atoms with Gasteiger partial charge in [0.2, 0.25) is 0 Å². The predicted octanol–water partition coefficient (Wildman–Crippen LogP) is 4.03. The van der Waals surface area contributed by atoms with Crippen molar-refractivity contribution >= 4 is 33.3 Å². The van der Waals surface area contributed by atoms with Gasteiger partial charge in [0, 0.05) is 18.5 Å². The third-order valence-electron chi connectivity index (χ3n) is 2.95. The average molecular weight is 371 g/mol. The van der Waals surface area contributed by atoms with E-state index in [1.165, 1.54) is 12.1 Å². The van der Waals surface area contributed by atoms with Crippen molar-refractivity contribution in [2.75, 3.05) is 13.6 Å². The number of halogens is 2. The summed E-state index contributed by atoms with van der Waals surface area (Å²) in [5.74, 6) is -0.251. The van der Waals surface area contributed by atoms with Crippen LogP contribution >= 0.6 is 27.3 Å². The molecule has 0 aliphatic carbocycles. The molecular formula is C15H16BrFN2OS. The fourth-order valence-corrected chi connectivity index (χ4v) is 3.42. The molecule has 6 heteroatoms. The van der Waals surface area contributed by atoms with Gasteiger partial charge in [0.15, 0.2) is 0 Å². The van der Waals surface area contributed by atoms with E-state index < -0.39 is 0 Å². The van der Waals surface area contributed by atoms with Crippen molar-refractivity contribution in [3.8, 4) is 0 Å². The zero-order valence-corrected chi connectivity index (χ0v) is 14.0. The first-order valence-electron chi connectivity index (χ1n) is 6.52. The number of carbonyl (C=O) groups excluding carboxylic acids is 1. The second kappa shape index (κ2) is 7.56. The molecule has 0 saturated heterocycles. The summed E-state index contributed by atoms with van der Waals surface area (Å²) in [4.78, 5) is 14.7. The summed E-state index contributed by atoms with van der Waals surface area (Å²) in [5, 5.41) is 2.83. The Morgan fingerprint density at radius 2 is 2.19 bits per heavy atom. The monoisotopic (exact) mass is 370 g/mol. The minimum Gasteiger partial charge on any atom is -0.338 e. The molecule has 0 atom stereocenters. The van der Waals surface area contributed by atoms with Crippen LogP contribution in [0.15, 0.2) is 40.2 Å². The van der Waals surface area contributed by atoms with Crippen molar-refractivity contribution in [1.82, 2.24) is 10.2 Å². The maximum Gasteiger partial charge on any atom is 0.317 e. The van der Waals surface area contributed by atoms with Crippen LogP contribution in [-0.2, 0) is 13.0 Å². The second-order valence-corrected chi connectivity index (χ2v) is 7.22. The predicted molar refractivity (Wildman–Crippen MR) is 87.0 cm³/mol. The van der Waals surface area contributed by atoms with E-state index in [4.69, 9.17) is 0 Å². The van der Waals surface area contributed by atoms with Gasteiger partial charge in [-0.1, -0.05) is 12.1 Å². The second-order valence-electron chi connectivity index (χ2n) is 4.67. The van der Waals surface area contributed by atoms with Crippen LogP contribution in [0.3, 0.4) is 0 Å². The van der Waals surface area contributed by atoms with Crippen molar-refractivity contribution in [1.29, 1.82) is 0 Å². The maximum absolute atomic E-state index is 13.0. The molecule has 21 heavy (non-hydrogen) atoms. The summed E-state index contributed by atoms with van der Waals surface area (Å²) < 4.78 is 14.1. The van der Waals surface area contributed by atoms with Crippen molar-refractivity contribution in [3.05, 3.63) is 56.4 Å². The summed E-state index contributed by atoms with van der Waals surface area (Å²) in [6, 6.07) is 10.3. The molecule has 1 aromatic heterocycles. The fraction of sp³-hybridized carbons (Fsp3) is 0.267. The van der Waals surface area contributed by atoms with E-state index in [0.717, 1.165) is 14.2 Å². The van der Waals surface area contributed by atoms with Gasteiger partial charge in [0.05, 0.1) is 10.3 Å². The molecule has 2 aromatic rings. The lowest BCUT2D eigenvalue weighted by atomic mass is 10.1. The number of amides is 2. The van der Waals surface area contributed by atoms with Crippen LogP contribution in [0, 0.1) is 5.82 Å². The summed E-state index contributed by atoms with van der Waals surface area (Å²) >= 11 is 5.01. The Balaban J connectivity index is 1.76. The van der Waals surface area contributed by atoms with Gasteiger partial charge in [0.25, 0.3) is 0 Å². The Kier molecular flexibility index (Phi) is 5.76. The van der Waals surface area contributed by atoms with Crippen LogP contribution in [0.1, 0.15) is 10.4 Å². The highest BCUT2D eigenvalue weighted by Crippen LogP contribution is 2.22. The van der Waals surface area contributed by atoms with Gasteiger partial charge in [-0.25, -0.2) is 9.18 Å². The summed E-state index contributed by atoms with van der Waals surface area (Å²) in [7, 11) is 1.76. The molecule has 1 heterocycles. The van der Waals surface area contributed by atoms with Gasteiger partial charge < -0.3 is 10.2 Å². The van der Waals surface area contributed by atoms with Gasteiger partial charge in [-0.05, 0) is 52.2 Å². The molecule has 1 N–H and O–H groups in total. The molecule has 0 aliphatic heterocycles. The lowest BCUT2D eigenvalue weighted by molar-refractivity contribution is 0.207. The minimum absolute atomic E-state index is 0.129. The standard InChI is InChI=1S/C15H16BrFN2OS/c1-19(10-13-5-6-14(16)21-13)15(20)18-8-7-11-3-2-4-12(17)9-11/h2-6,9H,7-8,10H2,1H3,(H,18,20). The van der Waals surface area contributed by atoms with E-state index in [2.05, 4.69) is 21.2 Å². The quantitative estimate of drug-likeness (QED) is 0.846. The van der Waals surface area contributed by atoms with Gasteiger partial charge in [-0.2, -0.15) is 0 Å². The Morgan fingerprint density at radius 1 is 1.38 bits per heavy atom. The first-order valence-corrected chi connectivity index (χ1v) is 8.13. The van der Waals surface area contributed by atoms with E-state index >= 15 is 0 Å². The Morgan fingerprint density at radius 3 is 2.86 bits per heavy atom. The Bertz CT molecular complexity index is 617. The van der Waals surface area contributed by atoms with E-state index in [1.54, 1.807) is 29.4 Å². The molecule has 2 rings (SSSR count). The molecule has 0 aliphatic rings. The minimum atomic E-state index is -0.251. The van der Waals surface area contributed by atoms with Crippen molar-refractivity contribution < 1.29 is 9.18 Å². The maximum atomic E-state index is 13.0. The molecule has 0 bridgehead atoms. The molecule has 0 spiro atoms. The van der Waals surface area contributed by atoms with E-state index in [0.29, 0.717) is 19.5 Å². The highest BCUT2D eigenvalue weighted by molar-refractivity contribution is 9.11. The molecule has 3 nitrogen and oxygen atoms in total. The van der Waals surface area contributed by atoms with Crippen molar-refractivity contribution in [3.63, 3.8) is 0 Å². The van der Waals surface area contributed by atoms with Crippen LogP contribution in [0.25, 0.3) is 0 Å². The lowest BCUT2D eigenvalue weighted by Gasteiger charge is -2.17. The number of rotatable bonds is 5. The molecule has 0 unspecified atom stereocenters. The summed E-state index contributed by atoms with van der Waals surface area (Å²) in [6.45, 7) is 1.06. The highest BCUT2D eigenvalue weighted by Gasteiger charge is 2.09. The molecule has 0 saturated carbocycles.